The normalized spacial score (nSPS) is 29.5. The molecule has 0 aromatic carbocycles. The number of hydrogen-bond acceptors (Lipinski definition) is 3. The lowest BCUT2D eigenvalue weighted by Gasteiger charge is -2.30. The Kier molecular flexibility index (Phi) is 2.07. The van der Waals surface area contributed by atoms with Crippen LogP contribution in [0.15, 0.2) is 24.8 Å². The summed E-state index contributed by atoms with van der Waals surface area (Å²) < 4.78 is 2.39. The van der Waals surface area contributed by atoms with Crippen molar-refractivity contribution < 1.29 is 0 Å². The van der Waals surface area contributed by atoms with E-state index >= 15 is 0 Å². The minimum Gasteiger partial charge on any atom is -0.346 e. The van der Waals surface area contributed by atoms with Crippen molar-refractivity contribution in [2.75, 3.05) is 0 Å². The molecule has 3 atom stereocenters. The fourth-order valence-corrected chi connectivity index (χ4v) is 4.06. The van der Waals surface area contributed by atoms with Crippen molar-refractivity contribution in [1.82, 2.24) is 24.8 Å². The second-order valence-electron chi connectivity index (χ2n) is 6.15. The molecule has 2 N–H and O–H groups in total. The van der Waals surface area contributed by atoms with Crippen LogP contribution in [0.1, 0.15) is 31.7 Å². The third-order valence-corrected chi connectivity index (χ3v) is 4.96. The van der Waals surface area contributed by atoms with E-state index in [9.17, 15) is 0 Å². The van der Waals surface area contributed by atoms with Gasteiger partial charge in [0.05, 0.1) is 18.0 Å². The Labute approximate surface area is 116 Å². The van der Waals surface area contributed by atoms with Crippen LogP contribution in [0.25, 0.3) is 22.1 Å². The number of aromatic nitrogens is 4. The Balaban J connectivity index is 1.70. The number of aromatic amines is 1. The van der Waals surface area contributed by atoms with E-state index in [1.807, 2.05) is 18.7 Å². The first kappa shape index (κ1) is 10.9. The smallest absolute Gasteiger partial charge is 0.139 e. The van der Waals surface area contributed by atoms with Crippen LogP contribution in [-0.4, -0.2) is 31.6 Å². The minimum absolute atomic E-state index is 0.569. The third-order valence-electron chi connectivity index (χ3n) is 4.96. The summed E-state index contributed by atoms with van der Waals surface area (Å²) in [5.41, 5.74) is 3.20. The number of nitrogens with zero attached hydrogens (tertiary/aromatic N) is 3. The Morgan fingerprint density at radius 1 is 1.15 bits per heavy atom. The van der Waals surface area contributed by atoms with E-state index in [4.69, 9.17) is 0 Å². The highest BCUT2D eigenvalue weighted by Gasteiger charge is 2.34. The molecule has 5 nitrogen and oxygen atoms in total. The molecule has 5 heteroatoms. The summed E-state index contributed by atoms with van der Waals surface area (Å²) in [5, 5.41) is 4.90. The topological polar surface area (TPSA) is 58.5 Å². The summed E-state index contributed by atoms with van der Waals surface area (Å²) in [5.74, 6) is 0. The van der Waals surface area contributed by atoms with Gasteiger partial charge in [-0.15, -0.1) is 0 Å². The molecule has 0 radical (unpaired) electrons. The van der Waals surface area contributed by atoms with Gasteiger partial charge in [0.15, 0.2) is 0 Å². The van der Waals surface area contributed by atoms with E-state index in [-0.39, 0.29) is 0 Å². The van der Waals surface area contributed by atoms with Crippen molar-refractivity contribution in [2.24, 2.45) is 0 Å². The SMILES string of the molecule is c1cc2c(ncc3ncn(C4C[C@H]5CC[C@@H](C4)N5)c32)[nH]1. The molecule has 102 valence electrons. The molecule has 2 aliphatic rings. The van der Waals surface area contributed by atoms with Crippen LogP contribution in [0.4, 0.5) is 0 Å². The molecule has 0 amide bonds. The van der Waals surface area contributed by atoms with Crippen molar-refractivity contribution in [3.8, 4) is 0 Å². The molecule has 3 aromatic rings. The van der Waals surface area contributed by atoms with E-state index in [0.29, 0.717) is 18.1 Å². The average Bonchev–Trinajstić information content (AvgIpc) is 3.15. The molecule has 20 heavy (non-hydrogen) atoms. The molecule has 0 saturated carbocycles. The molecule has 5 heterocycles. The molecule has 3 aromatic heterocycles. The Morgan fingerprint density at radius 2 is 2.00 bits per heavy atom. The van der Waals surface area contributed by atoms with E-state index < -0.39 is 0 Å². The van der Waals surface area contributed by atoms with Crippen molar-refractivity contribution in [1.29, 1.82) is 0 Å². The molecule has 0 aliphatic carbocycles. The summed E-state index contributed by atoms with van der Waals surface area (Å²) in [7, 11) is 0. The first-order valence-electron chi connectivity index (χ1n) is 7.43. The molecule has 0 spiro atoms. The van der Waals surface area contributed by atoms with Gasteiger partial charge in [-0.2, -0.15) is 0 Å². The van der Waals surface area contributed by atoms with Gasteiger partial charge >= 0.3 is 0 Å². The van der Waals surface area contributed by atoms with Crippen LogP contribution in [0, 0.1) is 0 Å². The molecular formula is C15H17N5. The van der Waals surface area contributed by atoms with Gasteiger partial charge in [-0.1, -0.05) is 0 Å². The maximum Gasteiger partial charge on any atom is 0.139 e. The first-order chi connectivity index (χ1) is 9.88. The van der Waals surface area contributed by atoms with Crippen LogP contribution in [-0.2, 0) is 0 Å². The highest BCUT2D eigenvalue weighted by Crippen LogP contribution is 2.36. The van der Waals surface area contributed by atoms with Crippen LogP contribution < -0.4 is 5.32 Å². The summed E-state index contributed by atoms with van der Waals surface area (Å²) >= 11 is 0. The zero-order valence-corrected chi connectivity index (χ0v) is 11.2. The first-order valence-corrected chi connectivity index (χ1v) is 7.43. The predicted octanol–water partition coefficient (Wildman–Crippen LogP) is 2.37. The number of H-pyrrole nitrogens is 1. The zero-order valence-electron chi connectivity index (χ0n) is 11.2. The largest absolute Gasteiger partial charge is 0.346 e. The Bertz CT molecular complexity index is 774. The number of piperidine rings is 1. The van der Waals surface area contributed by atoms with Gasteiger partial charge in [0, 0.05) is 29.7 Å². The van der Waals surface area contributed by atoms with Crippen LogP contribution in [0.3, 0.4) is 0 Å². The summed E-state index contributed by atoms with van der Waals surface area (Å²) in [6.45, 7) is 0. The van der Waals surface area contributed by atoms with E-state index in [2.05, 4.69) is 30.9 Å². The van der Waals surface area contributed by atoms with Crippen LogP contribution in [0.5, 0.6) is 0 Å². The van der Waals surface area contributed by atoms with Gasteiger partial charge in [-0.05, 0) is 31.7 Å². The summed E-state index contributed by atoms with van der Waals surface area (Å²) in [6, 6.07) is 4.07. The molecular weight excluding hydrogens is 250 g/mol. The van der Waals surface area contributed by atoms with Gasteiger partial charge in [-0.3, -0.25) is 0 Å². The molecule has 2 aliphatic heterocycles. The Hall–Kier alpha value is -1.88. The molecule has 2 saturated heterocycles. The quantitative estimate of drug-likeness (QED) is 0.711. The lowest BCUT2D eigenvalue weighted by molar-refractivity contribution is 0.303. The second-order valence-corrected chi connectivity index (χ2v) is 6.15. The highest BCUT2D eigenvalue weighted by molar-refractivity contribution is 6.00. The summed E-state index contributed by atoms with van der Waals surface area (Å²) in [6.07, 6.45) is 10.9. The number of hydrogen-bond donors (Lipinski definition) is 2. The van der Waals surface area contributed by atoms with E-state index in [0.717, 1.165) is 11.2 Å². The number of imidazole rings is 1. The van der Waals surface area contributed by atoms with E-state index in [1.165, 1.54) is 36.6 Å². The summed E-state index contributed by atoms with van der Waals surface area (Å²) in [4.78, 5) is 12.2. The standard InChI is InChI=1S/C15H17N5/c1-2-10-6-11(5-9(1)19-10)20-8-18-13-7-17-15-12(14(13)20)3-4-16-15/h3-4,7-11,19H,1-2,5-6H2,(H,16,17)/t9-,10+,11?. The van der Waals surface area contributed by atoms with E-state index in [1.54, 1.807) is 0 Å². The maximum absolute atomic E-state index is 4.56. The lowest BCUT2D eigenvalue weighted by atomic mass is 9.99. The maximum atomic E-state index is 4.56. The monoisotopic (exact) mass is 267 g/mol. The number of fused-ring (bicyclic) bond motifs is 5. The predicted molar refractivity (Wildman–Crippen MR) is 77.6 cm³/mol. The van der Waals surface area contributed by atoms with Gasteiger partial charge < -0.3 is 14.9 Å². The zero-order chi connectivity index (χ0) is 13.1. The van der Waals surface area contributed by atoms with Crippen LogP contribution in [0.2, 0.25) is 0 Å². The fourth-order valence-electron chi connectivity index (χ4n) is 4.06. The number of pyridine rings is 1. The third kappa shape index (κ3) is 1.41. The minimum atomic E-state index is 0.569. The highest BCUT2D eigenvalue weighted by atomic mass is 15.1. The van der Waals surface area contributed by atoms with Crippen molar-refractivity contribution >= 4 is 22.1 Å². The molecule has 2 bridgehead atoms. The van der Waals surface area contributed by atoms with Gasteiger partial charge in [0.2, 0.25) is 0 Å². The molecule has 5 rings (SSSR count). The molecule has 1 unspecified atom stereocenters. The van der Waals surface area contributed by atoms with Crippen molar-refractivity contribution in [3.63, 3.8) is 0 Å². The van der Waals surface area contributed by atoms with Crippen molar-refractivity contribution in [2.45, 2.75) is 43.8 Å². The number of nitrogens with one attached hydrogen (secondary N) is 2. The number of rotatable bonds is 1. The lowest BCUT2D eigenvalue weighted by Crippen LogP contribution is -2.38. The van der Waals surface area contributed by atoms with Crippen molar-refractivity contribution in [3.05, 3.63) is 24.8 Å². The van der Waals surface area contributed by atoms with Gasteiger partial charge in [-0.25, -0.2) is 9.97 Å². The second kappa shape index (κ2) is 3.82. The molecule has 2 fully saturated rings. The van der Waals surface area contributed by atoms with Gasteiger partial charge in [0.25, 0.3) is 0 Å². The van der Waals surface area contributed by atoms with Gasteiger partial charge in [0.1, 0.15) is 11.2 Å². The average molecular weight is 267 g/mol. The Morgan fingerprint density at radius 3 is 2.85 bits per heavy atom. The van der Waals surface area contributed by atoms with Crippen LogP contribution >= 0.6 is 0 Å². The fraction of sp³-hybridized carbons (Fsp3) is 0.467.